The Balaban J connectivity index is 2.30. The molecule has 7 heteroatoms. The van der Waals surface area contributed by atoms with Gasteiger partial charge in [0.05, 0.1) is 23.4 Å². The molecule has 2 aromatic rings. The van der Waals surface area contributed by atoms with Crippen molar-refractivity contribution in [1.82, 2.24) is 0 Å². The summed E-state index contributed by atoms with van der Waals surface area (Å²) >= 11 is 1.47. The molecule has 1 aromatic heterocycles. The second-order valence-electron chi connectivity index (χ2n) is 5.26. The van der Waals surface area contributed by atoms with Gasteiger partial charge in [0.25, 0.3) is 0 Å². The van der Waals surface area contributed by atoms with E-state index in [9.17, 15) is 18.0 Å². The number of nitrogens with zero attached hydrogens (tertiary/aromatic N) is 1. The number of nitrogens with one attached hydrogen (secondary N) is 1. The zero-order valence-electron chi connectivity index (χ0n) is 13.5. The van der Waals surface area contributed by atoms with Crippen molar-refractivity contribution in [2.45, 2.75) is 26.4 Å². The van der Waals surface area contributed by atoms with E-state index in [1.165, 1.54) is 17.4 Å². The summed E-state index contributed by atoms with van der Waals surface area (Å²) in [6.07, 6.45) is -4.31. The highest BCUT2D eigenvalue weighted by atomic mass is 32.1. The van der Waals surface area contributed by atoms with Gasteiger partial charge in [-0.1, -0.05) is 0 Å². The van der Waals surface area contributed by atoms with Gasteiger partial charge in [-0.3, -0.25) is 4.79 Å². The van der Waals surface area contributed by atoms with E-state index in [1.54, 1.807) is 0 Å². The van der Waals surface area contributed by atoms with Crippen LogP contribution in [0.2, 0.25) is 0 Å². The Morgan fingerprint density at radius 1 is 1.21 bits per heavy atom. The average molecular weight is 356 g/mol. The van der Waals surface area contributed by atoms with Crippen molar-refractivity contribution in [1.29, 1.82) is 0 Å². The summed E-state index contributed by atoms with van der Waals surface area (Å²) in [5, 5.41) is 6.33. The number of hydrogen-bond donors (Lipinski definition) is 1. The Morgan fingerprint density at radius 3 is 2.46 bits per heavy atom. The molecule has 1 amide bonds. The number of amides is 1. The Kier molecular flexibility index (Phi) is 5.88. The van der Waals surface area contributed by atoms with Crippen LogP contribution >= 0.6 is 11.3 Å². The van der Waals surface area contributed by atoms with Gasteiger partial charge in [0.2, 0.25) is 5.91 Å². The van der Waals surface area contributed by atoms with Gasteiger partial charge in [-0.05, 0) is 54.4 Å². The maximum absolute atomic E-state index is 13.0. The van der Waals surface area contributed by atoms with Gasteiger partial charge >= 0.3 is 6.18 Å². The fourth-order valence-electron chi connectivity index (χ4n) is 2.43. The summed E-state index contributed by atoms with van der Waals surface area (Å²) in [6.45, 7) is 5.10. The van der Waals surface area contributed by atoms with Crippen LogP contribution in [0.25, 0.3) is 0 Å². The fraction of sp³-hybridized carbons (Fsp3) is 0.353. The van der Waals surface area contributed by atoms with Crippen LogP contribution in [0, 0.1) is 0 Å². The molecule has 0 atom stereocenters. The molecule has 0 fully saturated rings. The lowest BCUT2D eigenvalue weighted by atomic mass is 10.1. The topological polar surface area (TPSA) is 32.3 Å². The Labute approximate surface area is 143 Å². The van der Waals surface area contributed by atoms with E-state index < -0.39 is 11.7 Å². The molecule has 2 rings (SSSR count). The highest BCUT2D eigenvalue weighted by Gasteiger charge is 2.31. The van der Waals surface area contributed by atoms with Gasteiger partial charge in [-0.15, -0.1) is 0 Å². The van der Waals surface area contributed by atoms with E-state index in [0.29, 0.717) is 18.8 Å². The molecule has 0 radical (unpaired) electrons. The molecule has 0 aliphatic carbocycles. The lowest BCUT2D eigenvalue weighted by Crippen LogP contribution is -2.25. The number of carbonyl (C=O) groups excluding carboxylic acids is 1. The molecule has 0 unspecified atom stereocenters. The van der Waals surface area contributed by atoms with Crippen molar-refractivity contribution in [3.05, 3.63) is 46.2 Å². The van der Waals surface area contributed by atoms with Gasteiger partial charge in [0.15, 0.2) is 0 Å². The molecule has 1 aromatic carbocycles. The molecule has 0 saturated heterocycles. The molecule has 0 spiro atoms. The average Bonchev–Trinajstić information content (AvgIpc) is 3.01. The predicted octanol–water partition coefficient (Wildman–Crippen LogP) is 4.79. The predicted molar refractivity (Wildman–Crippen MR) is 91.7 cm³/mol. The molecular formula is C17H19F3N2OS. The van der Waals surface area contributed by atoms with Crippen LogP contribution in [0.1, 0.15) is 25.0 Å². The number of halogens is 3. The Morgan fingerprint density at radius 2 is 1.92 bits per heavy atom. The third-order valence-corrected chi connectivity index (χ3v) is 4.38. The maximum atomic E-state index is 13.0. The van der Waals surface area contributed by atoms with E-state index in [0.717, 1.165) is 17.7 Å². The molecule has 0 bridgehead atoms. The number of hydrogen-bond acceptors (Lipinski definition) is 3. The third-order valence-electron chi connectivity index (χ3n) is 3.65. The first-order valence-electron chi connectivity index (χ1n) is 7.62. The van der Waals surface area contributed by atoms with Crippen LogP contribution in [-0.2, 0) is 17.4 Å². The minimum Gasteiger partial charge on any atom is -0.370 e. The van der Waals surface area contributed by atoms with Crippen molar-refractivity contribution in [2.24, 2.45) is 0 Å². The largest absolute Gasteiger partial charge is 0.416 e. The number of thiophene rings is 1. The van der Waals surface area contributed by atoms with E-state index in [4.69, 9.17) is 0 Å². The molecule has 3 nitrogen and oxygen atoms in total. The summed E-state index contributed by atoms with van der Waals surface area (Å²) in [6, 6.07) is 5.28. The standard InChI is InChI=1S/C17H19F3N2OS/c1-3-22(4-2)15-6-5-13(17(18,19)20)10-14(15)21-16(23)9-12-7-8-24-11-12/h5-8,10-11H,3-4,9H2,1-2H3,(H,21,23). The lowest BCUT2D eigenvalue weighted by molar-refractivity contribution is -0.137. The Bertz CT molecular complexity index is 680. The first-order valence-corrected chi connectivity index (χ1v) is 8.56. The van der Waals surface area contributed by atoms with Crippen molar-refractivity contribution >= 4 is 28.6 Å². The zero-order chi connectivity index (χ0) is 17.7. The van der Waals surface area contributed by atoms with Crippen LogP contribution in [0.5, 0.6) is 0 Å². The number of benzene rings is 1. The molecule has 130 valence electrons. The quantitative estimate of drug-likeness (QED) is 0.807. The summed E-state index contributed by atoms with van der Waals surface area (Å²) < 4.78 is 38.9. The fourth-order valence-corrected chi connectivity index (χ4v) is 3.09. The van der Waals surface area contributed by atoms with E-state index in [-0.39, 0.29) is 18.0 Å². The zero-order valence-corrected chi connectivity index (χ0v) is 14.3. The third kappa shape index (κ3) is 4.50. The van der Waals surface area contributed by atoms with Gasteiger partial charge in [-0.25, -0.2) is 0 Å². The van der Waals surface area contributed by atoms with Gasteiger partial charge in [0.1, 0.15) is 0 Å². The Hall–Kier alpha value is -2.02. The number of carbonyl (C=O) groups is 1. The number of rotatable bonds is 6. The van der Waals surface area contributed by atoms with E-state index in [2.05, 4.69) is 5.32 Å². The van der Waals surface area contributed by atoms with Crippen LogP contribution in [0.15, 0.2) is 35.0 Å². The second-order valence-corrected chi connectivity index (χ2v) is 6.04. The van der Waals surface area contributed by atoms with Gasteiger partial charge in [-0.2, -0.15) is 24.5 Å². The molecule has 0 aliphatic rings. The van der Waals surface area contributed by atoms with Crippen molar-refractivity contribution in [3.8, 4) is 0 Å². The summed E-state index contributed by atoms with van der Waals surface area (Å²) in [5.74, 6) is -0.332. The molecule has 1 N–H and O–H groups in total. The molecular weight excluding hydrogens is 337 g/mol. The molecule has 0 saturated carbocycles. The molecule has 0 aliphatic heterocycles. The van der Waals surface area contributed by atoms with E-state index in [1.807, 2.05) is 35.6 Å². The summed E-state index contributed by atoms with van der Waals surface area (Å²) in [5.41, 5.74) is 0.846. The second kappa shape index (κ2) is 7.70. The van der Waals surface area contributed by atoms with Crippen LogP contribution in [-0.4, -0.2) is 19.0 Å². The van der Waals surface area contributed by atoms with Crippen LogP contribution in [0.3, 0.4) is 0 Å². The smallest absolute Gasteiger partial charge is 0.370 e. The highest BCUT2D eigenvalue weighted by Crippen LogP contribution is 2.35. The van der Waals surface area contributed by atoms with Crippen molar-refractivity contribution in [3.63, 3.8) is 0 Å². The lowest BCUT2D eigenvalue weighted by Gasteiger charge is -2.25. The monoisotopic (exact) mass is 356 g/mol. The SMILES string of the molecule is CCN(CC)c1ccc(C(F)(F)F)cc1NC(=O)Cc1ccsc1. The molecule has 24 heavy (non-hydrogen) atoms. The van der Waals surface area contributed by atoms with Crippen LogP contribution in [0.4, 0.5) is 24.5 Å². The first-order chi connectivity index (χ1) is 11.3. The summed E-state index contributed by atoms with van der Waals surface area (Å²) in [4.78, 5) is 14.1. The minimum atomic E-state index is -4.45. The summed E-state index contributed by atoms with van der Waals surface area (Å²) in [7, 11) is 0. The minimum absolute atomic E-state index is 0.136. The molecule has 1 heterocycles. The van der Waals surface area contributed by atoms with Crippen molar-refractivity contribution in [2.75, 3.05) is 23.3 Å². The van der Waals surface area contributed by atoms with Gasteiger partial charge in [0, 0.05) is 13.1 Å². The van der Waals surface area contributed by atoms with Gasteiger partial charge < -0.3 is 10.2 Å². The highest BCUT2D eigenvalue weighted by molar-refractivity contribution is 7.08. The number of alkyl halides is 3. The number of anilines is 2. The maximum Gasteiger partial charge on any atom is 0.416 e. The van der Waals surface area contributed by atoms with Crippen molar-refractivity contribution < 1.29 is 18.0 Å². The van der Waals surface area contributed by atoms with E-state index >= 15 is 0 Å². The first kappa shape index (κ1) is 18.3. The normalized spacial score (nSPS) is 11.4. The van der Waals surface area contributed by atoms with Crippen LogP contribution < -0.4 is 10.2 Å².